The van der Waals surface area contributed by atoms with Crippen molar-refractivity contribution in [2.45, 2.75) is 143 Å². The number of benzene rings is 6. The van der Waals surface area contributed by atoms with Gasteiger partial charge in [0.25, 0.3) is 0 Å². The molecule has 0 aliphatic carbocycles. The number of rotatable bonds is 12. The standard InChI is InChI=1S/C22H24N4O3S.C21H24ClN3O3S.C20H21Cl2N3O3S/c1-14-12-19(20(29-7)13-18(14)23-6)26-15(2)21(24-25-26)30(27,28)17-10-8-16(9-11-17)22(3,4)5;1-13-11-19(28-6)18(12-17(13)22)25-14(2)20(23-24-25)29(26,27)16-9-7-15(8-10-16)21(3,4)5;1-12-19(29(26,27)14-8-6-13(7-9-14)20(2,3)4)23-24-25(12)17-10-15(21)16(22)11-18(17)28-5/h8-13H,1-5,7H3;7-12H,1-6H3;6-11H,1-5H3. The van der Waals surface area contributed by atoms with Gasteiger partial charge in [0.1, 0.15) is 34.3 Å². The summed E-state index contributed by atoms with van der Waals surface area (Å²) in [6.45, 7) is 34.5. The molecule has 0 fully saturated rings. The number of nitrogens with zero attached hydrogens (tertiary/aromatic N) is 10. The minimum absolute atomic E-state index is 0.0669. The number of hydrogen-bond acceptors (Lipinski definition) is 15. The van der Waals surface area contributed by atoms with Crippen LogP contribution in [0.25, 0.3) is 21.9 Å². The van der Waals surface area contributed by atoms with Crippen molar-refractivity contribution in [1.82, 2.24) is 45.0 Å². The first-order valence-electron chi connectivity index (χ1n) is 27.2. The van der Waals surface area contributed by atoms with Crippen molar-refractivity contribution >= 4 is 70.0 Å². The number of hydrogen-bond donors (Lipinski definition) is 0. The average Bonchev–Trinajstić information content (AvgIpc) is 1.66. The van der Waals surface area contributed by atoms with Crippen LogP contribution >= 0.6 is 34.8 Å². The van der Waals surface area contributed by atoms with Crippen LogP contribution in [0.15, 0.2) is 139 Å². The second kappa shape index (κ2) is 25.8. The van der Waals surface area contributed by atoms with Gasteiger partial charge in [-0.1, -0.05) is 149 Å². The molecule has 0 aliphatic heterocycles. The van der Waals surface area contributed by atoms with Crippen molar-refractivity contribution in [3.05, 3.63) is 181 Å². The molecule has 0 amide bonds. The number of ether oxygens (including phenoxy) is 3. The molecule has 0 unspecified atom stereocenters. The third kappa shape index (κ3) is 13.9. The molecular formula is C63H69Cl3N10O9S3. The van der Waals surface area contributed by atoms with Crippen molar-refractivity contribution in [3.63, 3.8) is 0 Å². The molecule has 9 rings (SSSR count). The van der Waals surface area contributed by atoms with Crippen molar-refractivity contribution in [2.24, 2.45) is 0 Å². The van der Waals surface area contributed by atoms with Gasteiger partial charge in [0.15, 0.2) is 5.69 Å². The molecule has 0 saturated heterocycles. The van der Waals surface area contributed by atoms with Crippen LogP contribution in [0.5, 0.6) is 17.2 Å². The topological polar surface area (TPSA) is 227 Å². The van der Waals surface area contributed by atoms with Gasteiger partial charge in [-0.3, -0.25) is 0 Å². The molecule has 3 heterocycles. The fourth-order valence-corrected chi connectivity index (χ4v) is 13.5. The number of halogens is 3. The molecule has 9 aromatic rings. The highest BCUT2D eigenvalue weighted by molar-refractivity contribution is 7.92. The maximum atomic E-state index is 13.2. The molecule has 3 aromatic heterocycles. The smallest absolute Gasteiger partial charge is 0.227 e. The van der Waals surface area contributed by atoms with E-state index in [2.05, 4.69) is 98.1 Å². The molecule has 25 heteroatoms. The Labute approximate surface area is 530 Å². The molecule has 88 heavy (non-hydrogen) atoms. The van der Waals surface area contributed by atoms with E-state index in [4.69, 9.17) is 55.6 Å². The van der Waals surface area contributed by atoms with Crippen LogP contribution < -0.4 is 14.2 Å². The zero-order valence-electron chi connectivity index (χ0n) is 51.9. The van der Waals surface area contributed by atoms with Gasteiger partial charge in [0.05, 0.1) is 69.7 Å². The van der Waals surface area contributed by atoms with E-state index in [0.717, 1.165) is 27.8 Å². The molecule has 0 N–H and O–H groups in total. The van der Waals surface area contributed by atoms with Gasteiger partial charge < -0.3 is 14.2 Å². The molecule has 0 radical (unpaired) electrons. The number of aromatic nitrogens is 9. The first kappa shape index (κ1) is 67.9. The van der Waals surface area contributed by atoms with Crippen molar-refractivity contribution in [3.8, 4) is 34.3 Å². The zero-order valence-corrected chi connectivity index (χ0v) is 56.6. The second-order valence-corrected chi connectivity index (χ2v) is 30.5. The zero-order chi connectivity index (χ0) is 65.4. The normalized spacial score (nSPS) is 12.1. The van der Waals surface area contributed by atoms with E-state index < -0.39 is 29.5 Å². The summed E-state index contributed by atoms with van der Waals surface area (Å²) in [6.07, 6.45) is 0. The molecular weight excluding hydrogens is 1240 g/mol. The molecule has 0 atom stereocenters. The predicted octanol–water partition coefficient (Wildman–Crippen LogP) is 14.3. The Morgan fingerprint density at radius 1 is 0.409 bits per heavy atom. The highest BCUT2D eigenvalue weighted by atomic mass is 35.5. The fourth-order valence-electron chi connectivity index (χ4n) is 9.05. The quantitative estimate of drug-likeness (QED) is 0.104. The lowest BCUT2D eigenvalue weighted by Crippen LogP contribution is -2.12. The van der Waals surface area contributed by atoms with Crippen molar-refractivity contribution < 1.29 is 39.5 Å². The second-order valence-electron chi connectivity index (χ2n) is 23.6. The average molecular weight is 1310 g/mol. The number of aryl methyl sites for hydroxylation is 2. The first-order valence-corrected chi connectivity index (χ1v) is 32.8. The predicted molar refractivity (Wildman–Crippen MR) is 340 cm³/mol. The monoisotopic (exact) mass is 1310 g/mol. The van der Waals surface area contributed by atoms with Gasteiger partial charge in [0, 0.05) is 11.1 Å². The summed E-state index contributed by atoms with van der Waals surface area (Å²) in [5.74, 6) is 1.34. The lowest BCUT2D eigenvalue weighted by molar-refractivity contribution is 0.411. The molecule has 0 bridgehead atoms. The van der Waals surface area contributed by atoms with E-state index in [9.17, 15) is 25.3 Å². The van der Waals surface area contributed by atoms with Gasteiger partial charge in [-0.15, -0.1) is 15.3 Å². The van der Waals surface area contributed by atoms with E-state index in [0.29, 0.717) is 72.1 Å². The van der Waals surface area contributed by atoms with Crippen LogP contribution in [0.2, 0.25) is 15.1 Å². The summed E-state index contributed by atoms with van der Waals surface area (Å²) in [5, 5.41) is 24.8. The Morgan fingerprint density at radius 2 is 0.693 bits per heavy atom. The molecule has 0 spiro atoms. The third-order valence-electron chi connectivity index (χ3n) is 14.4. The lowest BCUT2D eigenvalue weighted by atomic mass is 9.87. The molecule has 0 aliphatic rings. The summed E-state index contributed by atoms with van der Waals surface area (Å²) in [5.41, 5.74) is 7.52. The van der Waals surface area contributed by atoms with E-state index in [1.54, 1.807) is 100 Å². The molecule has 19 nitrogen and oxygen atoms in total. The molecule has 0 saturated carbocycles. The Balaban J connectivity index is 0.000000188. The summed E-state index contributed by atoms with van der Waals surface area (Å²) < 4.78 is 99.4. The lowest BCUT2D eigenvalue weighted by Gasteiger charge is -2.19. The largest absolute Gasteiger partial charge is 0.496 e. The minimum Gasteiger partial charge on any atom is -0.496 e. The highest BCUT2D eigenvalue weighted by Crippen LogP contribution is 2.38. The number of sulfone groups is 3. The highest BCUT2D eigenvalue weighted by Gasteiger charge is 2.31. The van der Waals surface area contributed by atoms with Gasteiger partial charge in [-0.2, -0.15) is 0 Å². The van der Waals surface area contributed by atoms with Crippen LogP contribution in [0.1, 0.15) is 107 Å². The van der Waals surface area contributed by atoms with Crippen LogP contribution in [0, 0.1) is 41.2 Å². The van der Waals surface area contributed by atoms with Gasteiger partial charge >= 0.3 is 0 Å². The van der Waals surface area contributed by atoms with Crippen LogP contribution in [0.4, 0.5) is 5.69 Å². The number of methoxy groups -OCH3 is 3. The summed E-state index contributed by atoms with van der Waals surface area (Å²) in [7, 11) is -7.02. The maximum absolute atomic E-state index is 13.2. The molecule has 464 valence electrons. The van der Waals surface area contributed by atoms with E-state index in [1.807, 2.05) is 43.3 Å². The van der Waals surface area contributed by atoms with Crippen LogP contribution in [-0.2, 0) is 45.8 Å². The van der Waals surface area contributed by atoms with Crippen LogP contribution in [-0.4, -0.2) is 91.6 Å². The van der Waals surface area contributed by atoms with Gasteiger partial charge in [0.2, 0.25) is 44.6 Å². The fraction of sp³-hybridized carbons (Fsp3) is 0.317. The van der Waals surface area contributed by atoms with Crippen LogP contribution in [0.3, 0.4) is 0 Å². The Hall–Kier alpha value is -7.65. The maximum Gasteiger partial charge on any atom is 0.227 e. The van der Waals surface area contributed by atoms with E-state index in [-0.39, 0.29) is 46.0 Å². The third-order valence-corrected chi connectivity index (χ3v) is 20.9. The van der Waals surface area contributed by atoms with Gasteiger partial charge in [-0.25, -0.2) is 44.1 Å². The Bertz CT molecular complexity index is 4300. The minimum atomic E-state index is -3.85. The first-order chi connectivity index (χ1) is 40.9. The Morgan fingerprint density at radius 3 is 1.00 bits per heavy atom. The SMILES string of the molecule is COc1cc(C)c(Cl)cc1-n1nnc(S(=O)(=O)c2ccc(C(C)(C)C)cc2)c1C.COc1cc(Cl)c(Cl)cc1-n1nnc(S(=O)(=O)c2ccc(C(C)(C)C)cc2)c1C.[C-]#[N+]c1cc(OC)c(-n2nnc(S(=O)(=O)c3ccc(C(C)(C)C)cc3)c2C)cc1C. The Kier molecular flexibility index (Phi) is 19.9. The summed E-state index contributed by atoms with van der Waals surface area (Å²) in [4.78, 5) is 3.97. The summed E-state index contributed by atoms with van der Waals surface area (Å²) in [6, 6.07) is 30.4. The van der Waals surface area contributed by atoms with Gasteiger partial charge in [-0.05, 0) is 145 Å². The van der Waals surface area contributed by atoms with Crippen molar-refractivity contribution in [1.29, 1.82) is 0 Å². The molecule has 6 aromatic carbocycles. The van der Waals surface area contributed by atoms with Crippen molar-refractivity contribution in [2.75, 3.05) is 21.3 Å². The van der Waals surface area contributed by atoms with E-state index >= 15 is 0 Å². The van der Waals surface area contributed by atoms with E-state index in [1.165, 1.54) is 35.4 Å². The summed E-state index contributed by atoms with van der Waals surface area (Å²) >= 11 is 18.4.